The number of fused-ring (bicyclic) bond motifs is 10. The van der Waals surface area contributed by atoms with E-state index in [4.69, 9.17) is 19.4 Å². The van der Waals surface area contributed by atoms with Gasteiger partial charge in [0.25, 0.3) is 0 Å². The highest BCUT2D eigenvalue weighted by Gasteiger charge is 2.19. The molecule has 5 nitrogen and oxygen atoms in total. The van der Waals surface area contributed by atoms with Gasteiger partial charge in [0.05, 0.1) is 22.4 Å². The first-order valence-electron chi connectivity index (χ1n) is 16.0. The van der Waals surface area contributed by atoms with Crippen molar-refractivity contribution in [2.24, 2.45) is 0 Å². The molecular formula is C43H26N4O. The standard InChI is InChI=1S/C43H26N4O/c1-3-11-28(12-4-1)36-26-37(29-13-5-2-6-14-29)45-42(44-36)30-21-19-27(20-22-30)31-23-24-39-34(25-31)40-41(48-39)32-15-7-8-16-33(32)43-46-35-17-9-10-18-38(35)47(40)43/h1-26H. The summed E-state index contributed by atoms with van der Waals surface area (Å²) < 4.78 is 8.85. The third-order valence-corrected chi connectivity index (χ3v) is 9.20. The molecule has 0 bridgehead atoms. The van der Waals surface area contributed by atoms with Crippen LogP contribution in [-0.4, -0.2) is 19.4 Å². The van der Waals surface area contributed by atoms with Crippen LogP contribution in [0.3, 0.4) is 0 Å². The van der Waals surface area contributed by atoms with Crippen LogP contribution < -0.4 is 0 Å². The molecule has 0 aliphatic carbocycles. The molecule has 0 aliphatic heterocycles. The highest BCUT2D eigenvalue weighted by molar-refractivity contribution is 6.19. The smallest absolute Gasteiger partial charge is 0.160 e. The van der Waals surface area contributed by atoms with Gasteiger partial charge in [-0.3, -0.25) is 4.40 Å². The van der Waals surface area contributed by atoms with Gasteiger partial charge in [-0.25, -0.2) is 15.0 Å². The first kappa shape index (κ1) is 26.6. The van der Waals surface area contributed by atoms with Crippen LogP contribution in [0.2, 0.25) is 0 Å². The minimum Gasteiger partial charge on any atom is -0.454 e. The van der Waals surface area contributed by atoms with E-state index >= 15 is 0 Å². The van der Waals surface area contributed by atoms with E-state index in [0.717, 1.165) is 88.7 Å². The molecule has 0 fully saturated rings. The topological polar surface area (TPSA) is 56.2 Å². The molecule has 0 atom stereocenters. The van der Waals surface area contributed by atoms with Gasteiger partial charge in [-0.2, -0.15) is 0 Å². The third kappa shape index (κ3) is 4.15. The molecule has 0 aliphatic rings. The van der Waals surface area contributed by atoms with Crippen molar-refractivity contribution in [2.75, 3.05) is 0 Å². The lowest BCUT2D eigenvalue weighted by Crippen LogP contribution is -1.95. The van der Waals surface area contributed by atoms with Crippen LogP contribution in [0.1, 0.15) is 0 Å². The summed E-state index contributed by atoms with van der Waals surface area (Å²) in [4.78, 5) is 15.1. The van der Waals surface area contributed by atoms with Gasteiger partial charge >= 0.3 is 0 Å². The van der Waals surface area contributed by atoms with E-state index in [1.165, 1.54) is 0 Å². The Morgan fingerprint density at radius 1 is 0.438 bits per heavy atom. The lowest BCUT2D eigenvalue weighted by atomic mass is 10.0. The molecule has 4 aromatic heterocycles. The SMILES string of the molecule is c1ccc(-c2cc(-c3ccccc3)nc(-c3ccc(-c4ccc5oc6c7ccccc7c7nc8ccccc8n7c6c5c4)cc3)n2)cc1. The molecule has 0 N–H and O–H groups in total. The summed E-state index contributed by atoms with van der Waals surface area (Å²) in [7, 11) is 0. The van der Waals surface area contributed by atoms with Crippen LogP contribution in [0.25, 0.3) is 94.6 Å². The molecule has 0 spiro atoms. The fraction of sp³-hybridized carbons (Fsp3) is 0. The van der Waals surface area contributed by atoms with Gasteiger partial charge in [-0.05, 0) is 41.5 Å². The first-order chi connectivity index (χ1) is 23.8. The highest BCUT2D eigenvalue weighted by Crippen LogP contribution is 2.39. The van der Waals surface area contributed by atoms with E-state index in [9.17, 15) is 0 Å². The maximum absolute atomic E-state index is 6.59. The highest BCUT2D eigenvalue weighted by atomic mass is 16.3. The molecule has 5 heteroatoms. The summed E-state index contributed by atoms with van der Waals surface area (Å²) in [6.07, 6.45) is 0. The van der Waals surface area contributed by atoms with Crippen molar-refractivity contribution in [1.82, 2.24) is 19.4 Å². The van der Waals surface area contributed by atoms with Crippen LogP contribution in [0.5, 0.6) is 0 Å². The molecule has 10 aromatic rings. The van der Waals surface area contributed by atoms with E-state index in [0.29, 0.717) is 5.82 Å². The molecule has 4 heterocycles. The van der Waals surface area contributed by atoms with Crippen LogP contribution in [0, 0.1) is 0 Å². The Labute approximate surface area is 275 Å². The van der Waals surface area contributed by atoms with Crippen molar-refractivity contribution in [3.8, 4) is 45.0 Å². The van der Waals surface area contributed by atoms with Crippen LogP contribution >= 0.6 is 0 Å². The lowest BCUT2D eigenvalue weighted by molar-refractivity contribution is 0.672. The second kappa shape index (κ2) is 10.5. The van der Waals surface area contributed by atoms with Gasteiger partial charge < -0.3 is 4.42 Å². The van der Waals surface area contributed by atoms with E-state index in [1.54, 1.807) is 0 Å². The zero-order chi connectivity index (χ0) is 31.6. The van der Waals surface area contributed by atoms with Gasteiger partial charge in [-0.1, -0.05) is 127 Å². The van der Waals surface area contributed by atoms with Crippen molar-refractivity contribution in [2.45, 2.75) is 0 Å². The summed E-state index contributed by atoms with van der Waals surface area (Å²) in [6.45, 7) is 0. The Bertz CT molecular complexity index is 2760. The van der Waals surface area contributed by atoms with Crippen molar-refractivity contribution < 1.29 is 4.42 Å². The minimum absolute atomic E-state index is 0.694. The van der Waals surface area contributed by atoms with Crippen LogP contribution in [-0.2, 0) is 0 Å². The number of hydrogen-bond donors (Lipinski definition) is 0. The number of pyridine rings is 1. The second-order valence-corrected chi connectivity index (χ2v) is 12.1. The van der Waals surface area contributed by atoms with Crippen molar-refractivity contribution >= 4 is 49.5 Å². The average molecular weight is 615 g/mol. The monoisotopic (exact) mass is 614 g/mol. The van der Waals surface area contributed by atoms with Gasteiger partial charge in [0.2, 0.25) is 0 Å². The predicted molar refractivity (Wildman–Crippen MR) is 195 cm³/mol. The minimum atomic E-state index is 0.694. The molecule has 0 saturated heterocycles. The summed E-state index contributed by atoms with van der Waals surface area (Å²) in [5, 5.41) is 3.19. The maximum Gasteiger partial charge on any atom is 0.160 e. The van der Waals surface area contributed by atoms with Gasteiger partial charge in [0, 0.05) is 32.8 Å². The zero-order valence-corrected chi connectivity index (χ0v) is 25.7. The molecule has 0 radical (unpaired) electrons. The Morgan fingerprint density at radius 2 is 1.04 bits per heavy atom. The number of para-hydroxylation sites is 2. The largest absolute Gasteiger partial charge is 0.454 e. The van der Waals surface area contributed by atoms with Gasteiger partial charge in [0.1, 0.15) is 16.7 Å². The van der Waals surface area contributed by atoms with E-state index in [1.807, 2.05) is 42.5 Å². The third-order valence-electron chi connectivity index (χ3n) is 9.20. The number of furan rings is 1. The van der Waals surface area contributed by atoms with E-state index in [2.05, 4.69) is 120 Å². The van der Waals surface area contributed by atoms with Gasteiger partial charge in [-0.15, -0.1) is 0 Å². The number of rotatable bonds is 4. The first-order valence-corrected chi connectivity index (χ1v) is 16.0. The van der Waals surface area contributed by atoms with E-state index < -0.39 is 0 Å². The molecule has 10 rings (SSSR count). The number of benzene rings is 6. The van der Waals surface area contributed by atoms with Crippen LogP contribution in [0.4, 0.5) is 0 Å². The molecule has 0 saturated carbocycles. The number of nitrogens with zero attached hydrogens (tertiary/aromatic N) is 4. The lowest BCUT2D eigenvalue weighted by Gasteiger charge is -2.10. The van der Waals surface area contributed by atoms with Crippen molar-refractivity contribution in [3.05, 3.63) is 158 Å². The van der Waals surface area contributed by atoms with Crippen LogP contribution in [0.15, 0.2) is 162 Å². The molecule has 224 valence electrons. The summed E-state index contributed by atoms with van der Waals surface area (Å²) in [5.74, 6) is 0.694. The normalized spacial score (nSPS) is 11.8. The molecular weight excluding hydrogens is 589 g/mol. The summed E-state index contributed by atoms with van der Waals surface area (Å²) >= 11 is 0. The predicted octanol–water partition coefficient (Wildman–Crippen LogP) is 11.0. The summed E-state index contributed by atoms with van der Waals surface area (Å²) in [6, 6.07) is 54.2. The Balaban J connectivity index is 1.12. The quantitative estimate of drug-likeness (QED) is 0.198. The Hall–Kier alpha value is -6.59. The van der Waals surface area contributed by atoms with Crippen molar-refractivity contribution in [3.63, 3.8) is 0 Å². The summed E-state index contributed by atoms with van der Waals surface area (Å²) in [5.41, 5.74) is 12.8. The molecule has 48 heavy (non-hydrogen) atoms. The zero-order valence-electron chi connectivity index (χ0n) is 25.7. The maximum atomic E-state index is 6.59. The molecule has 6 aromatic carbocycles. The van der Waals surface area contributed by atoms with Crippen molar-refractivity contribution in [1.29, 1.82) is 0 Å². The Morgan fingerprint density at radius 3 is 1.77 bits per heavy atom. The van der Waals surface area contributed by atoms with E-state index in [-0.39, 0.29) is 0 Å². The average Bonchev–Trinajstić information content (AvgIpc) is 3.74. The van der Waals surface area contributed by atoms with Gasteiger partial charge in [0.15, 0.2) is 11.4 Å². The number of imidazole rings is 1. The Kier molecular flexibility index (Phi) is 5.81. The molecule has 0 amide bonds. The fourth-order valence-corrected chi connectivity index (χ4v) is 6.88. The second-order valence-electron chi connectivity index (χ2n) is 12.1. The number of aromatic nitrogens is 4. The molecule has 0 unspecified atom stereocenters. The fourth-order valence-electron chi connectivity index (χ4n) is 6.88. The number of hydrogen-bond acceptors (Lipinski definition) is 4.